The smallest absolute Gasteiger partial charge is 0.209 e. The van der Waals surface area contributed by atoms with Gasteiger partial charge in [0, 0.05) is 10.4 Å². The predicted molar refractivity (Wildman–Crippen MR) is 89.5 cm³/mol. The molecule has 2 heterocycles. The lowest BCUT2D eigenvalue weighted by molar-refractivity contribution is 0.415. The zero-order chi connectivity index (χ0) is 15.5. The van der Waals surface area contributed by atoms with Crippen molar-refractivity contribution in [3.63, 3.8) is 0 Å². The number of rotatable bonds is 5. The number of thioether (sulfide) groups is 1. The third-order valence-electron chi connectivity index (χ3n) is 3.23. The van der Waals surface area contributed by atoms with E-state index in [4.69, 9.17) is 4.74 Å². The SMILES string of the molecule is COc1ccc(-c2nc(SCc3nc(C)c(C)s3)n[nH]2)cc1. The average molecular weight is 332 g/mol. The van der Waals surface area contributed by atoms with Gasteiger partial charge in [0.05, 0.1) is 18.6 Å². The van der Waals surface area contributed by atoms with Gasteiger partial charge in [-0.25, -0.2) is 9.97 Å². The van der Waals surface area contributed by atoms with Gasteiger partial charge in [-0.15, -0.1) is 16.4 Å². The van der Waals surface area contributed by atoms with Gasteiger partial charge in [0.2, 0.25) is 5.16 Å². The van der Waals surface area contributed by atoms with E-state index in [0.717, 1.165) is 38.7 Å². The molecule has 0 aliphatic heterocycles. The summed E-state index contributed by atoms with van der Waals surface area (Å²) in [6, 6.07) is 7.74. The van der Waals surface area contributed by atoms with Crippen LogP contribution < -0.4 is 4.74 Å². The van der Waals surface area contributed by atoms with E-state index in [2.05, 4.69) is 27.1 Å². The third kappa shape index (κ3) is 3.31. The van der Waals surface area contributed by atoms with Gasteiger partial charge in [0.1, 0.15) is 10.8 Å². The van der Waals surface area contributed by atoms with Crippen LogP contribution in [0.25, 0.3) is 11.4 Å². The molecule has 7 heteroatoms. The van der Waals surface area contributed by atoms with Crippen LogP contribution in [0.5, 0.6) is 5.75 Å². The molecule has 22 heavy (non-hydrogen) atoms. The van der Waals surface area contributed by atoms with Gasteiger partial charge in [-0.1, -0.05) is 11.8 Å². The third-order valence-corrected chi connectivity index (χ3v) is 5.34. The highest BCUT2D eigenvalue weighted by atomic mass is 32.2. The number of benzene rings is 1. The van der Waals surface area contributed by atoms with Gasteiger partial charge in [-0.3, -0.25) is 5.10 Å². The number of hydrogen-bond acceptors (Lipinski definition) is 6. The number of nitrogens with zero attached hydrogens (tertiary/aromatic N) is 3. The van der Waals surface area contributed by atoms with E-state index in [9.17, 15) is 0 Å². The highest BCUT2D eigenvalue weighted by molar-refractivity contribution is 7.98. The molecule has 0 radical (unpaired) electrons. The van der Waals surface area contributed by atoms with Crippen molar-refractivity contribution in [1.29, 1.82) is 0 Å². The van der Waals surface area contributed by atoms with Crippen molar-refractivity contribution in [3.8, 4) is 17.1 Å². The van der Waals surface area contributed by atoms with Crippen LogP contribution in [0.15, 0.2) is 29.4 Å². The Morgan fingerprint density at radius 3 is 2.59 bits per heavy atom. The second kappa shape index (κ2) is 6.50. The molecular weight excluding hydrogens is 316 g/mol. The average Bonchev–Trinajstić information content (AvgIpc) is 3.13. The number of nitrogens with one attached hydrogen (secondary N) is 1. The molecule has 0 bridgehead atoms. The molecule has 2 aromatic heterocycles. The van der Waals surface area contributed by atoms with Crippen LogP contribution in [0.4, 0.5) is 0 Å². The molecule has 114 valence electrons. The first kappa shape index (κ1) is 15.1. The predicted octanol–water partition coefficient (Wildman–Crippen LogP) is 3.85. The van der Waals surface area contributed by atoms with E-state index in [0.29, 0.717) is 0 Å². The van der Waals surface area contributed by atoms with Crippen LogP contribution in [0.2, 0.25) is 0 Å². The molecule has 0 unspecified atom stereocenters. The minimum absolute atomic E-state index is 0.733. The first-order valence-corrected chi connectivity index (χ1v) is 8.58. The van der Waals surface area contributed by atoms with Crippen molar-refractivity contribution in [2.24, 2.45) is 0 Å². The highest BCUT2D eigenvalue weighted by Crippen LogP contribution is 2.26. The number of H-pyrrole nitrogens is 1. The lowest BCUT2D eigenvalue weighted by Crippen LogP contribution is -1.84. The summed E-state index contributed by atoms with van der Waals surface area (Å²) in [5.74, 6) is 2.38. The maximum Gasteiger partial charge on any atom is 0.209 e. The van der Waals surface area contributed by atoms with E-state index < -0.39 is 0 Å². The summed E-state index contributed by atoms with van der Waals surface area (Å²) in [5.41, 5.74) is 2.09. The quantitative estimate of drug-likeness (QED) is 0.719. The monoisotopic (exact) mass is 332 g/mol. The van der Waals surface area contributed by atoms with Crippen LogP contribution >= 0.6 is 23.1 Å². The summed E-state index contributed by atoms with van der Waals surface area (Å²) in [7, 11) is 1.65. The fourth-order valence-electron chi connectivity index (χ4n) is 1.92. The van der Waals surface area contributed by atoms with Crippen LogP contribution in [-0.2, 0) is 5.75 Å². The summed E-state index contributed by atoms with van der Waals surface area (Å²) in [5, 5.41) is 9.06. The minimum atomic E-state index is 0.733. The van der Waals surface area contributed by atoms with Gasteiger partial charge in [0.25, 0.3) is 0 Å². The van der Waals surface area contributed by atoms with E-state index in [1.54, 1.807) is 30.2 Å². The molecule has 1 aromatic carbocycles. The van der Waals surface area contributed by atoms with Crippen LogP contribution in [0.3, 0.4) is 0 Å². The Kier molecular flexibility index (Phi) is 4.44. The van der Waals surface area contributed by atoms with Gasteiger partial charge in [-0.05, 0) is 38.1 Å². The summed E-state index contributed by atoms with van der Waals surface area (Å²) in [6.07, 6.45) is 0. The number of aromatic amines is 1. The zero-order valence-electron chi connectivity index (χ0n) is 12.6. The zero-order valence-corrected chi connectivity index (χ0v) is 14.2. The second-order valence-electron chi connectivity index (χ2n) is 4.73. The Morgan fingerprint density at radius 2 is 1.95 bits per heavy atom. The Bertz CT molecular complexity index is 745. The van der Waals surface area contributed by atoms with Crippen LogP contribution in [0, 0.1) is 13.8 Å². The molecule has 5 nitrogen and oxygen atoms in total. The Morgan fingerprint density at radius 1 is 1.18 bits per heavy atom. The molecule has 0 spiro atoms. The molecule has 0 amide bonds. The number of hydrogen-bond donors (Lipinski definition) is 1. The Hall–Kier alpha value is -1.86. The van der Waals surface area contributed by atoms with Crippen molar-refractivity contribution in [1.82, 2.24) is 20.2 Å². The van der Waals surface area contributed by atoms with Crippen molar-refractivity contribution in [2.45, 2.75) is 24.8 Å². The molecule has 1 N–H and O–H groups in total. The number of aromatic nitrogens is 4. The second-order valence-corrected chi connectivity index (χ2v) is 6.96. The lowest BCUT2D eigenvalue weighted by Gasteiger charge is -1.99. The largest absolute Gasteiger partial charge is 0.497 e. The summed E-state index contributed by atoms with van der Waals surface area (Å²) in [4.78, 5) is 10.3. The normalized spacial score (nSPS) is 10.9. The summed E-state index contributed by atoms with van der Waals surface area (Å²) >= 11 is 3.32. The molecule has 0 saturated heterocycles. The van der Waals surface area contributed by atoms with Gasteiger partial charge >= 0.3 is 0 Å². The molecule has 0 aliphatic carbocycles. The van der Waals surface area contributed by atoms with E-state index >= 15 is 0 Å². The van der Waals surface area contributed by atoms with Gasteiger partial charge in [-0.2, -0.15) is 0 Å². The van der Waals surface area contributed by atoms with Gasteiger partial charge in [0.15, 0.2) is 5.82 Å². The maximum atomic E-state index is 5.15. The van der Waals surface area contributed by atoms with Crippen molar-refractivity contribution >= 4 is 23.1 Å². The first-order chi connectivity index (χ1) is 10.7. The standard InChI is InChI=1S/C15H16N4OS2/c1-9-10(2)22-13(16-9)8-21-15-17-14(18-19-15)11-4-6-12(20-3)7-5-11/h4-7H,8H2,1-3H3,(H,17,18,19). The first-order valence-electron chi connectivity index (χ1n) is 6.78. The molecule has 0 atom stereocenters. The molecule has 0 aliphatic rings. The lowest BCUT2D eigenvalue weighted by atomic mass is 10.2. The molecular formula is C15H16N4OS2. The molecule has 0 fully saturated rings. The maximum absolute atomic E-state index is 5.15. The highest BCUT2D eigenvalue weighted by Gasteiger charge is 2.09. The molecule has 0 saturated carbocycles. The van der Waals surface area contributed by atoms with Crippen molar-refractivity contribution in [3.05, 3.63) is 39.8 Å². The van der Waals surface area contributed by atoms with E-state index in [1.165, 1.54) is 4.88 Å². The molecule has 3 aromatic rings. The van der Waals surface area contributed by atoms with Gasteiger partial charge < -0.3 is 4.74 Å². The van der Waals surface area contributed by atoms with Crippen LogP contribution in [-0.4, -0.2) is 27.3 Å². The molecule has 3 rings (SSSR count). The van der Waals surface area contributed by atoms with E-state index in [-0.39, 0.29) is 0 Å². The number of thiazole rings is 1. The fraction of sp³-hybridized carbons (Fsp3) is 0.267. The topological polar surface area (TPSA) is 63.7 Å². The summed E-state index contributed by atoms with van der Waals surface area (Å²) < 4.78 is 5.15. The van der Waals surface area contributed by atoms with Crippen LogP contribution in [0.1, 0.15) is 15.6 Å². The fourth-order valence-corrected chi connectivity index (χ4v) is 3.64. The van der Waals surface area contributed by atoms with E-state index in [1.807, 2.05) is 31.2 Å². The summed E-state index contributed by atoms with van der Waals surface area (Å²) in [6.45, 7) is 4.13. The minimum Gasteiger partial charge on any atom is -0.497 e. The van der Waals surface area contributed by atoms with Crippen molar-refractivity contribution < 1.29 is 4.74 Å². The van der Waals surface area contributed by atoms with Crippen molar-refractivity contribution in [2.75, 3.05) is 7.11 Å². The Balaban J connectivity index is 1.67. The number of aryl methyl sites for hydroxylation is 2. The number of ether oxygens (including phenoxy) is 1. The Labute approximate surface area is 137 Å². The number of methoxy groups -OCH3 is 1.